The van der Waals surface area contributed by atoms with E-state index in [1.165, 1.54) is 10.9 Å². The van der Waals surface area contributed by atoms with Gasteiger partial charge in [-0.1, -0.05) is 24.3 Å². The molecule has 0 radical (unpaired) electrons. The summed E-state index contributed by atoms with van der Waals surface area (Å²) in [6.07, 6.45) is 0.796. The zero-order chi connectivity index (χ0) is 17.6. The van der Waals surface area contributed by atoms with Crippen LogP contribution >= 0.6 is 11.3 Å². The number of halogens is 1. The number of rotatable bonds is 7. The van der Waals surface area contributed by atoms with Gasteiger partial charge >= 0.3 is 0 Å². The number of hydrogen-bond acceptors (Lipinski definition) is 3. The summed E-state index contributed by atoms with van der Waals surface area (Å²) in [5, 5.41) is 5.49. The Kier molecular flexibility index (Phi) is 5.58. The molecule has 5 heteroatoms. The minimum Gasteiger partial charge on any atom is -0.366 e. The molecule has 3 N–H and O–H groups in total. The zero-order valence-electron chi connectivity index (χ0n) is 13.7. The maximum Gasteiger partial charge on any atom is 0.248 e. The van der Waals surface area contributed by atoms with Crippen molar-refractivity contribution in [2.75, 3.05) is 6.54 Å². The fraction of sp³-hybridized carbons (Fsp3) is 0.150. The zero-order valence-corrected chi connectivity index (χ0v) is 14.5. The molecule has 0 saturated heterocycles. The Balaban J connectivity index is 1.52. The Hall–Kier alpha value is -2.50. The van der Waals surface area contributed by atoms with Crippen LogP contribution in [-0.2, 0) is 13.0 Å². The fourth-order valence-electron chi connectivity index (χ4n) is 2.59. The van der Waals surface area contributed by atoms with E-state index < -0.39 is 5.91 Å². The lowest BCUT2D eigenvalue weighted by Crippen LogP contribution is -2.15. The molecule has 25 heavy (non-hydrogen) atoms. The van der Waals surface area contributed by atoms with Crippen molar-refractivity contribution in [2.45, 2.75) is 13.0 Å². The van der Waals surface area contributed by atoms with E-state index in [1.54, 1.807) is 35.6 Å². The Bertz CT molecular complexity index is 858. The monoisotopic (exact) mass is 354 g/mol. The lowest BCUT2D eigenvalue weighted by Gasteiger charge is -2.04. The molecule has 0 saturated carbocycles. The van der Waals surface area contributed by atoms with Gasteiger partial charge < -0.3 is 11.1 Å². The van der Waals surface area contributed by atoms with Crippen LogP contribution in [0.15, 0.2) is 60.0 Å². The second kappa shape index (κ2) is 8.05. The molecule has 0 atom stereocenters. The smallest absolute Gasteiger partial charge is 0.248 e. The van der Waals surface area contributed by atoms with Gasteiger partial charge in [0.2, 0.25) is 5.91 Å². The maximum atomic E-state index is 13.1. The van der Waals surface area contributed by atoms with E-state index in [2.05, 4.69) is 16.8 Å². The van der Waals surface area contributed by atoms with Crippen LogP contribution in [0.2, 0.25) is 0 Å². The highest BCUT2D eigenvalue weighted by atomic mass is 32.1. The number of benzene rings is 2. The number of nitrogens with one attached hydrogen (secondary N) is 1. The van der Waals surface area contributed by atoms with Crippen molar-refractivity contribution in [2.24, 2.45) is 5.73 Å². The topological polar surface area (TPSA) is 55.1 Å². The molecule has 1 amide bonds. The van der Waals surface area contributed by atoms with E-state index in [9.17, 15) is 9.18 Å². The highest BCUT2D eigenvalue weighted by Gasteiger charge is 2.05. The molecular formula is C20H19FN2OS. The number of thiophene rings is 1. The predicted octanol–water partition coefficient (Wildman–Crippen LogP) is 3.99. The maximum absolute atomic E-state index is 13.1. The Morgan fingerprint density at radius 3 is 2.60 bits per heavy atom. The molecule has 0 unspecified atom stereocenters. The molecule has 0 fully saturated rings. The van der Waals surface area contributed by atoms with E-state index >= 15 is 0 Å². The summed E-state index contributed by atoms with van der Waals surface area (Å²) in [6.45, 7) is 1.57. The van der Waals surface area contributed by atoms with Crippen LogP contribution < -0.4 is 11.1 Å². The van der Waals surface area contributed by atoms with Gasteiger partial charge in [-0.25, -0.2) is 4.39 Å². The van der Waals surface area contributed by atoms with Gasteiger partial charge in [-0.2, -0.15) is 0 Å². The highest BCUT2D eigenvalue weighted by Crippen LogP contribution is 2.25. The van der Waals surface area contributed by atoms with E-state index in [-0.39, 0.29) is 5.82 Å². The van der Waals surface area contributed by atoms with Crippen molar-refractivity contribution in [3.05, 3.63) is 81.8 Å². The van der Waals surface area contributed by atoms with Gasteiger partial charge in [-0.05, 0) is 65.4 Å². The molecule has 0 aliphatic rings. The minimum atomic E-state index is -0.417. The lowest BCUT2D eigenvalue weighted by atomic mass is 10.1. The quantitative estimate of drug-likeness (QED) is 0.631. The second-order valence-corrected chi connectivity index (χ2v) is 6.80. The highest BCUT2D eigenvalue weighted by molar-refractivity contribution is 7.10. The van der Waals surface area contributed by atoms with E-state index in [4.69, 9.17) is 5.73 Å². The number of amides is 1. The number of carbonyl (C=O) groups is 1. The van der Waals surface area contributed by atoms with Crippen molar-refractivity contribution in [3.8, 4) is 11.1 Å². The van der Waals surface area contributed by atoms with Crippen LogP contribution in [0, 0.1) is 5.82 Å². The van der Waals surface area contributed by atoms with E-state index in [0.29, 0.717) is 5.56 Å². The van der Waals surface area contributed by atoms with E-state index in [1.807, 2.05) is 18.2 Å². The molecule has 128 valence electrons. The molecular weight excluding hydrogens is 335 g/mol. The molecule has 1 heterocycles. The number of hydrogen-bond donors (Lipinski definition) is 2. The van der Waals surface area contributed by atoms with Gasteiger partial charge in [0.1, 0.15) is 5.82 Å². The third-order valence-corrected chi connectivity index (χ3v) is 4.87. The minimum absolute atomic E-state index is 0.192. The molecule has 2 aromatic carbocycles. The number of nitrogens with two attached hydrogens (primary N) is 1. The number of carbonyl (C=O) groups excluding carboxylic acids is 1. The van der Waals surface area contributed by atoms with Gasteiger partial charge in [-0.3, -0.25) is 4.79 Å². The van der Waals surface area contributed by atoms with Crippen molar-refractivity contribution in [1.29, 1.82) is 0 Å². The molecule has 0 spiro atoms. The summed E-state index contributed by atoms with van der Waals surface area (Å²) in [6, 6.07) is 16.1. The molecule has 0 bridgehead atoms. The first kappa shape index (κ1) is 17.3. The third kappa shape index (κ3) is 4.75. The molecule has 1 aromatic heterocycles. The normalized spacial score (nSPS) is 10.8. The summed E-state index contributed by atoms with van der Waals surface area (Å²) < 4.78 is 13.1. The van der Waals surface area contributed by atoms with Gasteiger partial charge in [0.05, 0.1) is 0 Å². The summed E-state index contributed by atoms with van der Waals surface area (Å²) >= 11 is 1.69. The molecule has 3 nitrogen and oxygen atoms in total. The van der Waals surface area contributed by atoms with Crippen LogP contribution in [-0.4, -0.2) is 12.5 Å². The Morgan fingerprint density at radius 2 is 1.88 bits per heavy atom. The summed E-state index contributed by atoms with van der Waals surface area (Å²) in [4.78, 5) is 12.3. The second-order valence-electron chi connectivity index (χ2n) is 5.80. The summed E-state index contributed by atoms with van der Waals surface area (Å²) in [5.74, 6) is -0.609. The molecule has 3 aromatic rings. The van der Waals surface area contributed by atoms with Crippen molar-refractivity contribution in [1.82, 2.24) is 5.32 Å². The fourth-order valence-corrected chi connectivity index (χ4v) is 3.45. The van der Waals surface area contributed by atoms with Crippen LogP contribution in [0.25, 0.3) is 11.1 Å². The van der Waals surface area contributed by atoms with Crippen LogP contribution in [0.3, 0.4) is 0 Å². The standard InChI is InChI=1S/C20H19FN2OS/c21-18-3-1-2-14(10-18)8-9-23-12-19-11-17(13-25-19)15-4-6-16(7-5-15)20(22)24/h1-7,10-11,13,23H,8-9,12H2,(H2,22,24). The average Bonchev–Trinajstić information content (AvgIpc) is 3.08. The van der Waals surface area contributed by atoms with Crippen molar-refractivity contribution in [3.63, 3.8) is 0 Å². The van der Waals surface area contributed by atoms with E-state index in [0.717, 1.165) is 36.2 Å². The van der Waals surface area contributed by atoms with Gasteiger partial charge in [0, 0.05) is 17.0 Å². The predicted molar refractivity (Wildman–Crippen MR) is 100 cm³/mol. The Labute approximate surface area is 150 Å². The first-order valence-electron chi connectivity index (χ1n) is 8.04. The number of primary amides is 1. The van der Waals surface area contributed by atoms with Crippen LogP contribution in [0.4, 0.5) is 4.39 Å². The molecule has 0 aliphatic carbocycles. The average molecular weight is 354 g/mol. The summed E-state index contributed by atoms with van der Waals surface area (Å²) in [5.41, 5.74) is 8.96. The van der Waals surface area contributed by atoms with Crippen LogP contribution in [0.5, 0.6) is 0 Å². The van der Waals surface area contributed by atoms with Crippen molar-refractivity contribution >= 4 is 17.2 Å². The van der Waals surface area contributed by atoms with Crippen molar-refractivity contribution < 1.29 is 9.18 Å². The van der Waals surface area contributed by atoms with Crippen LogP contribution in [0.1, 0.15) is 20.8 Å². The third-order valence-electron chi connectivity index (χ3n) is 3.94. The summed E-state index contributed by atoms with van der Waals surface area (Å²) in [7, 11) is 0. The SMILES string of the molecule is NC(=O)c1ccc(-c2csc(CNCCc3cccc(F)c3)c2)cc1. The van der Waals surface area contributed by atoms with Gasteiger partial charge in [-0.15, -0.1) is 11.3 Å². The largest absolute Gasteiger partial charge is 0.366 e. The lowest BCUT2D eigenvalue weighted by molar-refractivity contribution is 0.100. The first-order valence-corrected chi connectivity index (χ1v) is 8.92. The first-order chi connectivity index (χ1) is 12.1. The molecule has 3 rings (SSSR count). The van der Waals surface area contributed by atoms with Gasteiger partial charge in [0.25, 0.3) is 0 Å². The molecule has 0 aliphatic heterocycles. The Morgan fingerprint density at radius 1 is 1.08 bits per heavy atom. The van der Waals surface area contributed by atoms with Gasteiger partial charge in [0.15, 0.2) is 0 Å².